The Morgan fingerprint density at radius 1 is 1.23 bits per heavy atom. The van der Waals surface area contributed by atoms with Gasteiger partial charge >= 0.3 is 0 Å². The second-order valence-corrected chi connectivity index (χ2v) is 9.62. The number of aromatic nitrogens is 1. The minimum atomic E-state index is -0.308. The van der Waals surface area contributed by atoms with E-state index in [-0.39, 0.29) is 23.1 Å². The van der Waals surface area contributed by atoms with Crippen molar-refractivity contribution < 1.29 is 4.79 Å². The van der Waals surface area contributed by atoms with Crippen molar-refractivity contribution in [2.75, 3.05) is 37.6 Å². The van der Waals surface area contributed by atoms with Crippen LogP contribution in [0.5, 0.6) is 0 Å². The summed E-state index contributed by atoms with van der Waals surface area (Å²) < 4.78 is 2.10. The minimum Gasteiger partial charge on any atom is -0.355 e. The lowest BCUT2D eigenvalue weighted by atomic mass is 10.0. The minimum absolute atomic E-state index is 0.0240. The molecule has 1 aromatic heterocycles. The van der Waals surface area contributed by atoms with Crippen LogP contribution in [0.4, 0.5) is 5.82 Å². The van der Waals surface area contributed by atoms with Crippen molar-refractivity contribution in [2.45, 2.75) is 40.2 Å². The highest BCUT2D eigenvalue weighted by Gasteiger charge is 2.35. The average Bonchev–Trinajstić information content (AvgIpc) is 3.05. The van der Waals surface area contributed by atoms with Gasteiger partial charge in [0.15, 0.2) is 0 Å². The number of anilines is 1. The predicted octanol–water partition coefficient (Wildman–Crippen LogP) is 2.71. The van der Waals surface area contributed by atoms with Gasteiger partial charge in [-0.2, -0.15) is 5.26 Å². The molecule has 0 bridgehead atoms. The second kappa shape index (κ2) is 9.55. The van der Waals surface area contributed by atoms with E-state index in [9.17, 15) is 14.9 Å². The fraction of sp³-hybridized carbons (Fsp3) is 0.545. The maximum Gasteiger partial charge on any atom is 0.270 e. The molecule has 1 amide bonds. The lowest BCUT2D eigenvalue weighted by Gasteiger charge is -2.37. The Morgan fingerprint density at radius 3 is 2.42 bits per heavy atom. The molecule has 0 radical (unpaired) electrons. The molecular weight excluding hydrogens is 430 g/mol. The quantitative estimate of drug-likeness (QED) is 0.495. The zero-order chi connectivity index (χ0) is 22.9. The lowest BCUT2D eigenvalue weighted by molar-refractivity contribution is -0.123. The standard InChI is InChI=1S/C22H29N5O2S2/c1-6-14(3)27-21(29)18(31-22(27)30)12-16-15(4)17(13-23)20(28)24(5)19(16)26-10-8-25(7-2)9-11-26/h12,14H,6-11H2,1-5H3. The molecule has 1 atom stereocenters. The van der Waals surface area contributed by atoms with E-state index in [1.165, 1.54) is 11.8 Å². The van der Waals surface area contributed by atoms with Crippen molar-refractivity contribution in [2.24, 2.45) is 7.05 Å². The van der Waals surface area contributed by atoms with Crippen molar-refractivity contribution in [1.82, 2.24) is 14.4 Å². The first kappa shape index (κ1) is 23.5. The molecule has 0 aliphatic carbocycles. The van der Waals surface area contributed by atoms with Gasteiger partial charge in [-0.25, -0.2) is 0 Å². The van der Waals surface area contributed by atoms with Crippen molar-refractivity contribution >= 4 is 46.1 Å². The van der Waals surface area contributed by atoms with E-state index in [1.807, 2.05) is 19.9 Å². The molecule has 7 nitrogen and oxygen atoms in total. The molecule has 0 saturated carbocycles. The van der Waals surface area contributed by atoms with Crippen LogP contribution >= 0.6 is 24.0 Å². The Labute approximate surface area is 193 Å². The number of carbonyl (C=O) groups is 1. The number of likely N-dealkylation sites (N-methyl/N-ethyl adjacent to an activating group) is 1. The van der Waals surface area contributed by atoms with Gasteiger partial charge in [-0.3, -0.25) is 19.1 Å². The van der Waals surface area contributed by atoms with Crippen LogP contribution < -0.4 is 10.5 Å². The third-order valence-electron chi connectivity index (χ3n) is 6.22. The molecule has 2 saturated heterocycles. The lowest BCUT2D eigenvalue weighted by Crippen LogP contribution is -2.48. The fourth-order valence-electron chi connectivity index (χ4n) is 4.04. The Bertz CT molecular complexity index is 1030. The average molecular weight is 460 g/mol. The Kier molecular flexibility index (Phi) is 7.24. The van der Waals surface area contributed by atoms with Crippen LogP contribution in [0.1, 0.15) is 43.9 Å². The van der Waals surface area contributed by atoms with Crippen LogP contribution in [0, 0.1) is 18.3 Å². The van der Waals surface area contributed by atoms with E-state index < -0.39 is 0 Å². The number of piperazine rings is 1. The van der Waals surface area contributed by atoms with Gasteiger partial charge in [-0.05, 0) is 38.5 Å². The molecule has 31 heavy (non-hydrogen) atoms. The van der Waals surface area contributed by atoms with Gasteiger partial charge in [0.1, 0.15) is 21.8 Å². The van der Waals surface area contributed by atoms with Crippen LogP contribution in [0.3, 0.4) is 0 Å². The van der Waals surface area contributed by atoms with Gasteiger partial charge in [0.25, 0.3) is 11.5 Å². The van der Waals surface area contributed by atoms with Gasteiger partial charge in [0, 0.05) is 44.8 Å². The number of hydrogen-bond acceptors (Lipinski definition) is 7. The van der Waals surface area contributed by atoms with Crippen LogP contribution in [0.15, 0.2) is 9.70 Å². The van der Waals surface area contributed by atoms with Crippen LogP contribution in [-0.4, -0.2) is 63.4 Å². The zero-order valence-corrected chi connectivity index (χ0v) is 20.4. The number of nitriles is 1. The third-order valence-corrected chi connectivity index (χ3v) is 7.55. The van der Waals surface area contributed by atoms with E-state index in [0.29, 0.717) is 14.8 Å². The van der Waals surface area contributed by atoms with E-state index >= 15 is 0 Å². The topological polar surface area (TPSA) is 72.6 Å². The van der Waals surface area contributed by atoms with Gasteiger partial charge in [-0.15, -0.1) is 0 Å². The molecule has 166 valence electrons. The normalized spacial score (nSPS) is 19.9. The number of amides is 1. The zero-order valence-electron chi connectivity index (χ0n) is 18.8. The van der Waals surface area contributed by atoms with E-state index in [4.69, 9.17) is 12.2 Å². The smallest absolute Gasteiger partial charge is 0.270 e. The van der Waals surface area contributed by atoms with Crippen molar-refractivity contribution in [1.29, 1.82) is 5.26 Å². The first-order valence-corrected chi connectivity index (χ1v) is 11.9. The number of hydrogen-bond donors (Lipinski definition) is 0. The van der Waals surface area contributed by atoms with Gasteiger partial charge < -0.3 is 9.80 Å². The molecular formula is C22H29N5O2S2. The molecule has 1 unspecified atom stereocenters. The molecule has 1 aromatic rings. The van der Waals surface area contributed by atoms with E-state index in [1.54, 1.807) is 23.4 Å². The summed E-state index contributed by atoms with van der Waals surface area (Å²) >= 11 is 6.75. The molecule has 3 rings (SSSR count). The Morgan fingerprint density at radius 2 is 1.87 bits per heavy atom. The molecule has 3 heterocycles. The molecule has 2 aliphatic heterocycles. The van der Waals surface area contributed by atoms with Crippen molar-refractivity contribution in [3.05, 3.63) is 31.9 Å². The number of thiocarbonyl (C=S) groups is 1. The summed E-state index contributed by atoms with van der Waals surface area (Å²) in [7, 11) is 1.70. The summed E-state index contributed by atoms with van der Waals surface area (Å²) in [6.45, 7) is 12.3. The molecule has 0 spiro atoms. The number of pyridine rings is 1. The molecule has 0 N–H and O–H groups in total. The summed E-state index contributed by atoms with van der Waals surface area (Å²) in [6.07, 6.45) is 2.63. The van der Waals surface area contributed by atoms with E-state index in [0.717, 1.165) is 50.5 Å². The fourth-order valence-corrected chi connectivity index (χ4v) is 5.49. The molecule has 2 aliphatic rings. The Hall–Kier alpha value is -2.15. The third kappa shape index (κ3) is 4.29. The van der Waals surface area contributed by atoms with Crippen LogP contribution in [-0.2, 0) is 11.8 Å². The molecule has 9 heteroatoms. The van der Waals surface area contributed by atoms with Gasteiger partial charge in [0.05, 0.1) is 4.91 Å². The largest absolute Gasteiger partial charge is 0.355 e. The van der Waals surface area contributed by atoms with Gasteiger partial charge in [-0.1, -0.05) is 37.8 Å². The van der Waals surface area contributed by atoms with Crippen molar-refractivity contribution in [3.8, 4) is 6.07 Å². The summed E-state index contributed by atoms with van der Waals surface area (Å²) in [5, 5.41) is 9.61. The first-order valence-electron chi connectivity index (χ1n) is 10.6. The van der Waals surface area contributed by atoms with Crippen LogP contribution in [0.25, 0.3) is 6.08 Å². The highest BCUT2D eigenvalue weighted by Crippen LogP contribution is 2.37. The van der Waals surface area contributed by atoms with E-state index in [2.05, 4.69) is 22.8 Å². The summed E-state index contributed by atoms with van der Waals surface area (Å²) in [5.74, 6) is 0.643. The maximum absolute atomic E-state index is 13.1. The second-order valence-electron chi connectivity index (χ2n) is 7.94. The number of carbonyl (C=O) groups excluding carboxylic acids is 1. The van der Waals surface area contributed by atoms with Crippen LogP contribution in [0.2, 0.25) is 0 Å². The summed E-state index contributed by atoms with van der Waals surface area (Å²) in [4.78, 5) is 32.7. The Balaban J connectivity index is 2.14. The SMILES string of the molecule is CCC(C)N1C(=O)C(=Cc2c(C)c(C#N)c(=O)n(C)c2N2CCN(CC)CC2)SC1=S. The molecule has 0 aromatic carbocycles. The summed E-state index contributed by atoms with van der Waals surface area (Å²) in [5.41, 5.74) is 1.15. The first-order chi connectivity index (χ1) is 14.7. The highest BCUT2D eigenvalue weighted by molar-refractivity contribution is 8.26. The number of rotatable bonds is 5. The van der Waals surface area contributed by atoms with Crippen molar-refractivity contribution in [3.63, 3.8) is 0 Å². The summed E-state index contributed by atoms with van der Waals surface area (Å²) in [6, 6.07) is 2.08. The van der Waals surface area contributed by atoms with Gasteiger partial charge in [0.2, 0.25) is 0 Å². The highest BCUT2D eigenvalue weighted by atomic mass is 32.2. The number of thioether (sulfide) groups is 1. The molecule has 2 fully saturated rings. The number of nitrogens with zero attached hydrogens (tertiary/aromatic N) is 5. The maximum atomic E-state index is 13.1. The monoisotopic (exact) mass is 459 g/mol. The predicted molar refractivity (Wildman–Crippen MR) is 130 cm³/mol.